The molecule has 11 aromatic carbocycles. The van der Waals surface area contributed by atoms with Crippen molar-refractivity contribution in [1.82, 2.24) is 33.6 Å². The molecule has 8 aromatic heterocycles. The highest BCUT2D eigenvalue weighted by Gasteiger charge is 2.25. The Labute approximate surface area is 533 Å². The highest BCUT2D eigenvalue weighted by molar-refractivity contribution is 7.26. The second kappa shape index (κ2) is 20.2. The number of aromatic nitrogens is 6. The number of rotatable bonds is 6. The molecule has 2 N–H and O–H groups in total. The molecule has 1 aliphatic rings. The number of allylic oxidation sites excluding steroid dienone is 1. The smallest absolute Gasteiger partial charge is 0.161 e. The van der Waals surface area contributed by atoms with Crippen molar-refractivity contribution in [2.75, 3.05) is 0 Å². The van der Waals surface area contributed by atoms with Crippen LogP contribution in [-0.4, -0.2) is 39.8 Å². The average molecular weight is 1220 g/mol. The minimum atomic E-state index is 0.486. The van der Waals surface area contributed by atoms with Gasteiger partial charge in [-0.25, -0.2) is 14.5 Å². The first-order valence-electron chi connectivity index (χ1n) is 30.7. The minimum absolute atomic E-state index is 0.486. The van der Waals surface area contributed by atoms with Crippen molar-refractivity contribution in [3.8, 4) is 28.5 Å². The summed E-state index contributed by atoms with van der Waals surface area (Å²) in [7, 11) is 0. The molecule has 0 spiro atoms. The van der Waals surface area contributed by atoms with Crippen molar-refractivity contribution in [3.63, 3.8) is 0 Å². The lowest BCUT2D eigenvalue weighted by atomic mass is 10.0. The molecule has 0 saturated carbocycles. The van der Waals surface area contributed by atoms with E-state index in [9.17, 15) is 0 Å². The third-order valence-electron chi connectivity index (χ3n) is 18.1. The molecule has 1 aliphatic heterocycles. The molecule has 0 radical (unpaired) electrons. The monoisotopic (exact) mass is 1220 g/mol. The van der Waals surface area contributed by atoms with Crippen molar-refractivity contribution in [1.29, 1.82) is 5.41 Å². The maximum atomic E-state index is 8.04. The van der Waals surface area contributed by atoms with Gasteiger partial charge in [0, 0.05) is 108 Å². The molecule has 9 heterocycles. The minimum Gasteiger partial charge on any atom is -0.456 e. The van der Waals surface area contributed by atoms with Gasteiger partial charge >= 0.3 is 0 Å². The Morgan fingerprint density at radius 1 is 0.457 bits per heavy atom. The lowest BCUT2D eigenvalue weighted by molar-refractivity contribution is 0.669. The predicted molar refractivity (Wildman–Crippen MR) is 385 cm³/mol. The third kappa shape index (κ3) is 7.97. The van der Waals surface area contributed by atoms with Gasteiger partial charge in [-0.05, 0) is 147 Å². The number of hydrogen-bond acceptors (Lipinski definition) is 8. The van der Waals surface area contributed by atoms with E-state index in [0.29, 0.717) is 5.71 Å². The second-order valence-electron chi connectivity index (χ2n) is 23.7. The first-order chi connectivity index (χ1) is 45.3. The number of thiophene rings is 2. The van der Waals surface area contributed by atoms with Crippen LogP contribution in [0.5, 0.6) is 0 Å². The van der Waals surface area contributed by atoms with Crippen LogP contribution in [0, 0.1) is 12.3 Å². The van der Waals surface area contributed by atoms with Crippen LogP contribution in [0.1, 0.15) is 23.7 Å². The summed E-state index contributed by atoms with van der Waals surface area (Å²) in [6, 6.07) is 90.4. The van der Waals surface area contributed by atoms with Gasteiger partial charge in [-0.1, -0.05) is 127 Å². The Bertz CT molecular complexity index is 6380. The summed E-state index contributed by atoms with van der Waals surface area (Å²) >= 11 is 3.68. The zero-order valence-corrected chi connectivity index (χ0v) is 51.3. The summed E-state index contributed by atoms with van der Waals surface area (Å²) in [6.07, 6.45) is 1.85. The van der Waals surface area contributed by atoms with Gasteiger partial charge < -0.3 is 28.8 Å². The lowest BCUT2D eigenvalue weighted by Gasteiger charge is -2.21. The fraction of sp³-hybridized carbons (Fsp3) is 0.0250. The largest absolute Gasteiger partial charge is 0.456 e. The van der Waals surface area contributed by atoms with Crippen LogP contribution in [0.2, 0.25) is 0 Å². The molecule has 19 aromatic rings. The quantitative estimate of drug-likeness (QED) is 0.162. The number of nitrogens with one attached hydrogen (secondary N) is 2. The summed E-state index contributed by atoms with van der Waals surface area (Å²) in [5, 5.41) is 29.8. The van der Waals surface area contributed by atoms with E-state index in [0.717, 1.165) is 101 Å². The number of furan rings is 1. The van der Waals surface area contributed by atoms with E-state index in [1.807, 2.05) is 82.7 Å². The maximum Gasteiger partial charge on any atom is 0.161 e. The van der Waals surface area contributed by atoms with E-state index in [1.54, 1.807) is 6.92 Å². The molecule has 0 amide bonds. The second-order valence-corrected chi connectivity index (χ2v) is 25.8. The molecule has 0 atom stereocenters. The number of hydrogen-bond donors (Lipinski definition) is 2. The van der Waals surface area contributed by atoms with Gasteiger partial charge in [0.25, 0.3) is 0 Å². The van der Waals surface area contributed by atoms with Crippen molar-refractivity contribution in [2.24, 2.45) is 4.99 Å². The Kier molecular flexibility index (Phi) is 11.5. The number of para-hydroxylation sites is 5. The number of amidine groups is 1. The molecule has 92 heavy (non-hydrogen) atoms. The third-order valence-corrected chi connectivity index (χ3v) is 20.5. The van der Waals surface area contributed by atoms with Gasteiger partial charge in [0.1, 0.15) is 26.7 Å². The maximum absolute atomic E-state index is 8.04. The molecular formula is C80H51N9OS2. The van der Waals surface area contributed by atoms with Gasteiger partial charge in [-0.15, -0.1) is 22.7 Å². The van der Waals surface area contributed by atoms with Gasteiger partial charge in [-0.2, -0.15) is 5.10 Å². The Balaban J connectivity index is 0.000000133. The van der Waals surface area contributed by atoms with Crippen LogP contribution in [-0.2, 0) is 0 Å². The number of benzene rings is 11. The Morgan fingerprint density at radius 3 is 1.73 bits per heavy atom. The zero-order valence-electron chi connectivity index (χ0n) is 49.7. The van der Waals surface area contributed by atoms with Crippen LogP contribution in [0.4, 0.5) is 5.69 Å². The number of fused-ring (bicyclic) bond motifs is 20. The van der Waals surface area contributed by atoms with Crippen LogP contribution < -0.4 is 5.32 Å². The van der Waals surface area contributed by atoms with Gasteiger partial charge in [0.15, 0.2) is 5.82 Å². The first-order valence-corrected chi connectivity index (χ1v) is 32.4. The predicted octanol–water partition coefficient (Wildman–Crippen LogP) is 21.2. The molecular weight excluding hydrogens is 1170 g/mol. The molecule has 434 valence electrons. The Hall–Kier alpha value is -11.7. The number of aliphatic imine (C=N–C) groups is 1. The van der Waals surface area contributed by atoms with Gasteiger partial charge in [-0.3, -0.25) is 0 Å². The van der Waals surface area contributed by atoms with E-state index < -0.39 is 0 Å². The fourth-order valence-electron chi connectivity index (χ4n) is 14.1. The molecule has 0 fully saturated rings. The highest BCUT2D eigenvalue weighted by atomic mass is 32.1. The fourth-order valence-corrected chi connectivity index (χ4v) is 16.7. The van der Waals surface area contributed by atoms with E-state index in [4.69, 9.17) is 24.9 Å². The molecule has 0 aliphatic carbocycles. The normalized spacial score (nSPS) is 13.1. The molecule has 20 rings (SSSR count). The van der Waals surface area contributed by atoms with E-state index in [1.165, 1.54) is 84.4 Å². The van der Waals surface area contributed by atoms with Gasteiger partial charge in [0.2, 0.25) is 0 Å². The van der Waals surface area contributed by atoms with Gasteiger partial charge in [0.05, 0.1) is 50.2 Å². The SMILES string of the molecule is CC(=N)/C=C1\NC(c2ccc(-n3c4cc5c(cc4c4c6ccccc6sc43)oc3ccccc35)cc2)=Nc2ccccc21.Cc1cc2c3ccccc3nc(-c3ccc(-n4c5cc6c7ccccc7n(-c7ccccc7)c6cc5c5c6ccccc6sc54)cc3)n2n1. The van der Waals surface area contributed by atoms with Crippen LogP contribution in [0.15, 0.2) is 270 Å². The molecule has 12 heteroatoms. The van der Waals surface area contributed by atoms with Crippen molar-refractivity contribution in [2.45, 2.75) is 13.8 Å². The highest BCUT2D eigenvalue weighted by Crippen LogP contribution is 2.48. The summed E-state index contributed by atoms with van der Waals surface area (Å²) in [5.41, 5.74) is 18.3. The van der Waals surface area contributed by atoms with E-state index in [2.05, 4.69) is 231 Å². The molecule has 0 unspecified atom stereocenters. The van der Waals surface area contributed by atoms with E-state index in [-0.39, 0.29) is 0 Å². The number of aryl methyl sites for hydroxylation is 1. The summed E-state index contributed by atoms with van der Waals surface area (Å²) in [5.74, 6) is 1.61. The molecule has 0 bridgehead atoms. The Morgan fingerprint density at radius 2 is 1.01 bits per heavy atom. The van der Waals surface area contributed by atoms with Crippen LogP contribution in [0.25, 0.3) is 157 Å². The van der Waals surface area contributed by atoms with Crippen molar-refractivity contribution >= 4 is 168 Å². The summed E-state index contributed by atoms with van der Waals surface area (Å²) in [6.45, 7) is 3.82. The standard InChI is InChI=1S/C43H27N5S.C37H24N4OS/c1-26-23-39-31-14-5-8-16-35(31)44-42(48(39)45-26)27-19-21-29(22-20-27)47-38-24-33-30-13-6-9-17-36(30)46(28-11-3-2-4-12-28)37(33)25-34(38)41-32-15-7-10-18-40(32)49-43(41)47;1-21(38)18-30-25-9-2-5-11-29(25)39-36(40-30)22-14-16-23(17-15-22)41-31-19-27-24-8-3-6-12-32(24)42-33(27)20-28(31)35-26-10-4-7-13-34(26)43-37(35)41/h2-25H,1H3;2-20,38H,1H3,(H,39,40)/b;30-18-,38-21?. The zero-order chi connectivity index (χ0) is 60.9. The van der Waals surface area contributed by atoms with Crippen molar-refractivity contribution < 1.29 is 4.42 Å². The first kappa shape index (κ1) is 52.3. The van der Waals surface area contributed by atoms with E-state index >= 15 is 0 Å². The lowest BCUT2D eigenvalue weighted by Crippen LogP contribution is -2.26. The summed E-state index contributed by atoms with van der Waals surface area (Å²) < 4.78 is 18.1. The number of nitrogens with zero attached hydrogens (tertiary/aromatic N) is 7. The molecule has 10 nitrogen and oxygen atoms in total. The van der Waals surface area contributed by atoms with Crippen LogP contribution in [0.3, 0.4) is 0 Å². The molecule has 0 saturated heterocycles. The topological polar surface area (TPSA) is 106 Å². The van der Waals surface area contributed by atoms with Crippen LogP contribution >= 0.6 is 22.7 Å². The van der Waals surface area contributed by atoms with Crippen molar-refractivity contribution in [3.05, 3.63) is 278 Å². The summed E-state index contributed by atoms with van der Waals surface area (Å²) in [4.78, 5) is 12.5. The average Bonchev–Trinajstić information content (AvgIpc) is 1.55.